The van der Waals surface area contributed by atoms with E-state index in [-0.39, 0.29) is 11.5 Å². The van der Waals surface area contributed by atoms with E-state index in [0.29, 0.717) is 0 Å². The van der Waals surface area contributed by atoms with Gasteiger partial charge >= 0.3 is 5.97 Å². The fourth-order valence-corrected chi connectivity index (χ4v) is 2.31. The molecule has 1 aromatic carbocycles. The molecule has 0 aliphatic rings. The molecule has 0 aliphatic carbocycles. The zero-order valence-electron chi connectivity index (χ0n) is 13.9. The Morgan fingerprint density at radius 2 is 1.96 bits per heavy atom. The molecule has 6 heteroatoms. The first kappa shape index (κ1) is 17.5. The number of hydrogen-bond donors (Lipinski definition) is 2. The van der Waals surface area contributed by atoms with Gasteiger partial charge < -0.3 is 15.0 Å². The normalized spacial score (nSPS) is 10.5. The Morgan fingerprint density at radius 1 is 1.21 bits per heavy atom. The maximum absolute atomic E-state index is 12.1. The first-order valence-electron chi connectivity index (χ1n) is 7.64. The number of anilines is 1. The summed E-state index contributed by atoms with van der Waals surface area (Å²) in [5.74, 6) is -1.04. The number of amides is 1. The second-order valence-electron chi connectivity index (χ2n) is 5.73. The summed E-state index contributed by atoms with van der Waals surface area (Å²) >= 11 is 0. The van der Waals surface area contributed by atoms with Gasteiger partial charge in [-0.2, -0.15) is 0 Å². The number of aromatic nitrogens is 1. The van der Waals surface area contributed by atoms with Gasteiger partial charge in [0.25, 0.3) is 11.5 Å². The van der Waals surface area contributed by atoms with Crippen LogP contribution in [0.25, 0.3) is 0 Å². The number of hydrogen-bond acceptors (Lipinski definition) is 4. The highest BCUT2D eigenvalue weighted by atomic mass is 16.5. The number of aromatic amines is 1. The molecule has 6 nitrogen and oxygen atoms in total. The van der Waals surface area contributed by atoms with Crippen molar-refractivity contribution in [3.8, 4) is 0 Å². The van der Waals surface area contributed by atoms with E-state index in [0.717, 1.165) is 16.8 Å². The Kier molecular flexibility index (Phi) is 5.52. The van der Waals surface area contributed by atoms with Crippen molar-refractivity contribution in [3.63, 3.8) is 0 Å². The molecule has 126 valence electrons. The molecule has 1 heterocycles. The first-order valence-corrected chi connectivity index (χ1v) is 7.64. The van der Waals surface area contributed by atoms with Crippen molar-refractivity contribution in [2.45, 2.75) is 26.7 Å². The van der Waals surface area contributed by atoms with Gasteiger partial charge in [-0.1, -0.05) is 32.0 Å². The number of carbonyl (C=O) groups is 2. The number of rotatable bonds is 5. The van der Waals surface area contributed by atoms with Gasteiger partial charge in [-0.05, 0) is 36.1 Å². The van der Waals surface area contributed by atoms with Gasteiger partial charge in [0, 0.05) is 11.9 Å². The largest absolute Gasteiger partial charge is 0.452 e. The lowest BCUT2D eigenvalue weighted by Gasteiger charge is -2.16. The summed E-state index contributed by atoms with van der Waals surface area (Å²) in [6, 6.07) is 8.64. The smallest absolute Gasteiger partial charge is 0.344 e. The van der Waals surface area contributed by atoms with E-state index in [1.165, 1.54) is 18.3 Å². The highest BCUT2D eigenvalue weighted by Gasteiger charge is 2.15. The van der Waals surface area contributed by atoms with Gasteiger partial charge in [-0.15, -0.1) is 0 Å². The van der Waals surface area contributed by atoms with Crippen LogP contribution in [0.5, 0.6) is 0 Å². The molecule has 0 saturated heterocycles. The number of pyridine rings is 1. The number of esters is 1. The molecule has 24 heavy (non-hydrogen) atoms. The van der Waals surface area contributed by atoms with E-state index in [1.807, 2.05) is 39.0 Å². The Bertz CT molecular complexity index is 809. The monoisotopic (exact) mass is 328 g/mol. The molecular weight excluding hydrogens is 308 g/mol. The first-order chi connectivity index (χ1) is 11.4. The van der Waals surface area contributed by atoms with Gasteiger partial charge in [-0.3, -0.25) is 9.59 Å². The van der Waals surface area contributed by atoms with Crippen molar-refractivity contribution in [2.24, 2.45) is 0 Å². The van der Waals surface area contributed by atoms with Crippen LogP contribution in [0.1, 0.15) is 41.3 Å². The topological polar surface area (TPSA) is 88.3 Å². The number of carbonyl (C=O) groups excluding carboxylic acids is 2. The van der Waals surface area contributed by atoms with E-state index >= 15 is 0 Å². The molecule has 0 spiro atoms. The second-order valence-corrected chi connectivity index (χ2v) is 5.73. The molecule has 0 fully saturated rings. The Hall–Kier alpha value is -2.89. The van der Waals surface area contributed by atoms with Crippen molar-refractivity contribution in [1.82, 2.24) is 4.98 Å². The maximum Gasteiger partial charge on any atom is 0.344 e. The predicted molar refractivity (Wildman–Crippen MR) is 91.2 cm³/mol. The number of aryl methyl sites for hydroxylation is 1. The molecular formula is C18H20N2O4. The zero-order chi connectivity index (χ0) is 17.7. The lowest BCUT2D eigenvalue weighted by molar-refractivity contribution is -0.119. The number of nitrogens with one attached hydrogen (secondary N) is 2. The molecule has 0 bridgehead atoms. The number of benzene rings is 1. The summed E-state index contributed by atoms with van der Waals surface area (Å²) in [6.07, 6.45) is 1.41. The Morgan fingerprint density at radius 3 is 2.62 bits per heavy atom. The molecule has 0 unspecified atom stereocenters. The number of H-pyrrole nitrogens is 1. The standard InChI is InChI=1S/C18H20N2O4/c1-11(2)13-7-4-6-12(3)16(13)20-15(21)10-24-18(23)14-8-5-9-19-17(14)22/h4-9,11H,10H2,1-3H3,(H,19,22)(H,20,21). The van der Waals surface area contributed by atoms with Crippen molar-refractivity contribution < 1.29 is 14.3 Å². The molecule has 1 aromatic heterocycles. The van der Waals surface area contributed by atoms with E-state index in [9.17, 15) is 14.4 Å². The summed E-state index contributed by atoms with van der Waals surface area (Å²) in [5.41, 5.74) is 1.98. The van der Waals surface area contributed by atoms with Crippen molar-refractivity contribution in [1.29, 1.82) is 0 Å². The molecule has 2 aromatic rings. The Labute approximate surface area is 139 Å². The quantitative estimate of drug-likeness (QED) is 0.826. The minimum absolute atomic E-state index is 0.135. The minimum atomic E-state index is -0.833. The third kappa shape index (κ3) is 4.10. The lowest BCUT2D eigenvalue weighted by Crippen LogP contribution is -2.25. The van der Waals surface area contributed by atoms with Crippen LogP contribution >= 0.6 is 0 Å². The van der Waals surface area contributed by atoms with Gasteiger partial charge in [0.1, 0.15) is 5.56 Å². The molecule has 0 atom stereocenters. The van der Waals surface area contributed by atoms with Crippen LogP contribution in [-0.4, -0.2) is 23.5 Å². The van der Waals surface area contributed by atoms with Crippen molar-refractivity contribution >= 4 is 17.6 Å². The SMILES string of the molecule is Cc1cccc(C(C)C)c1NC(=O)COC(=O)c1ccc[nH]c1=O. The minimum Gasteiger partial charge on any atom is -0.452 e. The van der Waals surface area contributed by atoms with E-state index in [2.05, 4.69) is 10.3 Å². The van der Waals surface area contributed by atoms with Crippen LogP contribution in [0.4, 0.5) is 5.69 Å². The molecule has 0 aliphatic heterocycles. The van der Waals surface area contributed by atoms with Crippen LogP contribution in [0.2, 0.25) is 0 Å². The van der Waals surface area contributed by atoms with E-state index in [4.69, 9.17) is 4.74 Å². The van der Waals surface area contributed by atoms with E-state index in [1.54, 1.807) is 0 Å². The van der Waals surface area contributed by atoms with Gasteiger partial charge in [0.05, 0.1) is 0 Å². The van der Waals surface area contributed by atoms with Gasteiger partial charge in [-0.25, -0.2) is 4.79 Å². The third-order valence-corrected chi connectivity index (χ3v) is 3.56. The average molecular weight is 328 g/mol. The molecule has 0 radical (unpaired) electrons. The predicted octanol–water partition coefficient (Wildman–Crippen LogP) is 2.60. The number of ether oxygens (including phenoxy) is 1. The highest BCUT2D eigenvalue weighted by Crippen LogP contribution is 2.27. The zero-order valence-corrected chi connectivity index (χ0v) is 13.9. The fraction of sp³-hybridized carbons (Fsp3) is 0.278. The fourth-order valence-electron chi connectivity index (χ4n) is 2.31. The summed E-state index contributed by atoms with van der Waals surface area (Å²) in [5, 5.41) is 2.78. The van der Waals surface area contributed by atoms with Crippen LogP contribution in [-0.2, 0) is 9.53 Å². The lowest BCUT2D eigenvalue weighted by atomic mass is 9.98. The summed E-state index contributed by atoms with van der Waals surface area (Å²) < 4.78 is 4.91. The number of para-hydroxylation sites is 1. The van der Waals surface area contributed by atoms with Gasteiger partial charge in [0.15, 0.2) is 6.61 Å². The van der Waals surface area contributed by atoms with Crippen LogP contribution in [0, 0.1) is 6.92 Å². The molecule has 0 saturated carbocycles. The van der Waals surface area contributed by atoms with Crippen LogP contribution < -0.4 is 10.9 Å². The van der Waals surface area contributed by atoms with Crippen LogP contribution in [0.15, 0.2) is 41.3 Å². The third-order valence-electron chi connectivity index (χ3n) is 3.56. The summed E-state index contributed by atoms with van der Waals surface area (Å²) in [6.45, 7) is 5.51. The van der Waals surface area contributed by atoms with Gasteiger partial charge in [0.2, 0.25) is 0 Å². The van der Waals surface area contributed by atoms with E-state index < -0.39 is 24.0 Å². The molecule has 1 amide bonds. The van der Waals surface area contributed by atoms with Crippen molar-refractivity contribution in [2.75, 3.05) is 11.9 Å². The molecule has 2 rings (SSSR count). The van der Waals surface area contributed by atoms with Crippen LogP contribution in [0.3, 0.4) is 0 Å². The second kappa shape index (κ2) is 7.59. The average Bonchev–Trinajstić information content (AvgIpc) is 2.54. The highest BCUT2D eigenvalue weighted by molar-refractivity contribution is 5.96. The van der Waals surface area contributed by atoms with Crippen molar-refractivity contribution in [3.05, 3.63) is 63.6 Å². The maximum atomic E-state index is 12.1. The molecule has 2 N–H and O–H groups in total. The Balaban J connectivity index is 2.04. The summed E-state index contributed by atoms with van der Waals surface area (Å²) in [7, 11) is 0. The summed E-state index contributed by atoms with van der Waals surface area (Å²) in [4.78, 5) is 37.8.